The molecule has 2 aromatic carbocycles. The monoisotopic (exact) mass is 326 g/mol. The average molecular weight is 326 g/mol. The first-order valence-corrected chi connectivity index (χ1v) is 8.15. The van der Waals surface area contributed by atoms with Crippen molar-refractivity contribution < 1.29 is 14.2 Å². The fourth-order valence-corrected chi connectivity index (χ4v) is 3.03. The van der Waals surface area contributed by atoms with Gasteiger partial charge in [0, 0.05) is 28.8 Å². The third-order valence-electron chi connectivity index (χ3n) is 4.34. The highest BCUT2D eigenvalue weighted by molar-refractivity contribution is 6.41. The van der Waals surface area contributed by atoms with Gasteiger partial charge in [0.15, 0.2) is 30.5 Å². The molecule has 25 heavy (non-hydrogen) atoms. The summed E-state index contributed by atoms with van der Waals surface area (Å²) in [6, 6.07) is 21.0. The van der Waals surface area contributed by atoms with Crippen LogP contribution in [0.1, 0.15) is 31.8 Å². The van der Waals surface area contributed by atoms with Crippen LogP contribution < -0.4 is 4.57 Å². The van der Waals surface area contributed by atoms with Crippen molar-refractivity contribution in [2.45, 2.75) is 6.54 Å². The van der Waals surface area contributed by atoms with E-state index in [1.807, 2.05) is 42.7 Å². The minimum absolute atomic E-state index is 0.193. The molecule has 1 aromatic heterocycles. The van der Waals surface area contributed by atoms with E-state index in [0.717, 1.165) is 12.1 Å². The molecular weight excluding hydrogens is 310 g/mol. The van der Waals surface area contributed by atoms with Crippen molar-refractivity contribution in [3.05, 3.63) is 107 Å². The predicted octanol–water partition coefficient (Wildman–Crippen LogP) is 3.49. The lowest BCUT2D eigenvalue weighted by molar-refractivity contribution is -0.688. The number of ketones is 2. The van der Waals surface area contributed by atoms with Crippen molar-refractivity contribution in [2.24, 2.45) is 0 Å². The van der Waals surface area contributed by atoms with Crippen LogP contribution in [0.25, 0.3) is 6.08 Å². The Labute approximate surface area is 145 Å². The van der Waals surface area contributed by atoms with Crippen LogP contribution in [-0.2, 0) is 6.54 Å². The number of allylic oxidation sites excluding steroid dienone is 1. The minimum Gasteiger partial charge on any atom is -0.288 e. The van der Waals surface area contributed by atoms with Gasteiger partial charge < -0.3 is 0 Å². The summed E-state index contributed by atoms with van der Waals surface area (Å²) in [5.41, 5.74) is 3.29. The molecule has 0 unspecified atom stereocenters. The third-order valence-corrected chi connectivity index (χ3v) is 4.34. The van der Waals surface area contributed by atoms with Gasteiger partial charge in [-0.3, -0.25) is 9.59 Å². The molecule has 1 heterocycles. The van der Waals surface area contributed by atoms with E-state index < -0.39 is 0 Å². The Bertz CT molecular complexity index is 949. The van der Waals surface area contributed by atoms with Crippen molar-refractivity contribution in [2.75, 3.05) is 0 Å². The van der Waals surface area contributed by atoms with Crippen LogP contribution in [0.5, 0.6) is 0 Å². The van der Waals surface area contributed by atoms with Crippen molar-refractivity contribution in [1.82, 2.24) is 0 Å². The van der Waals surface area contributed by atoms with E-state index in [-0.39, 0.29) is 17.1 Å². The van der Waals surface area contributed by atoms with E-state index in [1.165, 1.54) is 5.56 Å². The van der Waals surface area contributed by atoms with Gasteiger partial charge in [-0.2, -0.15) is 0 Å². The van der Waals surface area contributed by atoms with E-state index in [9.17, 15) is 9.59 Å². The molecule has 4 rings (SSSR count). The number of carbonyl (C=O) groups is 2. The van der Waals surface area contributed by atoms with Crippen molar-refractivity contribution >= 4 is 17.6 Å². The molecule has 3 nitrogen and oxygen atoms in total. The minimum atomic E-state index is -0.193. The molecule has 3 heteroatoms. The van der Waals surface area contributed by atoms with E-state index in [4.69, 9.17) is 0 Å². The smallest absolute Gasteiger partial charge is 0.197 e. The lowest BCUT2D eigenvalue weighted by atomic mass is 10.1. The molecule has 1 aliphatic rings. The van der Waals surface area contributed by atoms with Crippen molar-refractivity contribution in [3.63, 3.8) is 0 Å². The maximum atomic E-state index is 12.4. The normalized spacial score (nSPS) is 13.0. The SMILES string of the molecule is O=C1C(=Cc2cc[n+](Cc3ccccc3)cc2)C(=O)c2ccccc21. The molecule has 3 aromatic rings. The van der Waals surface area contributed by atoms with Crippen LogP contribution in [0, 0.1) is 0 Å². The lowest BCUT2D eigenvalue weighted by Crippen LogP contribution is -2.33. The Balaban J connectivity index is 1.58. The third kappa shape index (κ3) is 2.92. The van der Waals surface area contributed by atoms with Gasteiger partial charge in [0.2, 0.25) is 0 Å². The highest BCUT2D eigenvalue weighted by Crippen LogP contribution is 2.27. The van der Waals surface area contributed by atoms with Crippen LogP contribution >= 0.6 is 0 Å². The molecule has 120 valence electrons. The summed E-state index contributed by atoms with van der Waals surface area (Å²) in [4.78, 5) is 24.9. The van der Waals surface area contributed by atoms with Gasteiger partial charge >= 0.3 is 0 Å². The Kier molecular flexibility index (Phi) is 3.82. The van der Waals surface area contributed by atoms with Crippen LogP contribution in [0.2, 0.25) is 0 Å². The molecule has 1 aliphatic carbocycles. The molecule has 0 fully saturated rings. The molecule has 0 saturated carbocycles. The van der Waals surface area contributed by atoms with Gasteiger partial charge in [0.05, 0.1) is 5.57 Å². The molecule has 0 aliphatic heterocycles. The summed E-state index contributed by atoms with van der Waals surface area (Å²) < 4.78 is 2.06. The van der Waals surface area contributed by atoms with Crippen LogP contribution in [0.3, 0.4) is 0 Å². The highest BCUT2D eigenvalue weighted by atomic mass is 16.2. The van der Waals surface area contributed by atoms with E-state index >= 15 is 0 Å². The van der Waals surface area contributed by atoms with Crippen molar-refractivity contribution in [1.29, 1.82) is 0 Å². The molecule has 0 amide bonds. The number of carbonyl (C=O) groups excluding carboxylic acids is 2. The first-order valence-electron chi connectivity index (χ1n) is 8.15. The van der Waals surface area contributed by atoms with Gasteiger partial charge in [-0.1, -0.05) is 54.6 Å². The molecular formula is C22H16NO2+. The topological polar surface area (TPSA) is 38.0 Å². The molecule has 0 radical (unpaired) electrons. The first kappa shape index (κ1) is 15.2. The predicted molar refractivity (Wildman–Crippen MR) is 95.3 cm³/mol. The number of Topliss-reactive ketones (excluding diaryl/α,β-unsaturated/α-hetero) is 2. The van der Waals surface area contributed by atoms with Gasteiger partial charge in [-0.25, -0.2) is 4.57 Å². The second kappa shape index (κ2) is 6.29. The van der Waals surface area contributed by atoms with Crippen LogP contribution in [0.15, 0.2) is 84.7 Å². The molecule has 0 atom stereocenters. The van der Waals surface area contributed by atoms with Crippen LogP contribution in [-0.4, -0.2) is 11.6 Å². The van der Waals surface area contributed by atoms with Crippen molar-refractivity contribution in [3.8, 4) is 0 Å². The molecule has 0 spiro atoms. The Morgan fingerprint density at radius 2 is 1.28 bits per heavy atom. The van der Waals surface area contributed by atoms with Gasteiger partial charge in [0.1, 0.15) is 0 Å². The number of aromatic nitrogens is 1. The summed E-state index contributed by atoms with van der Waals surface area (Å²) in [5, 5.41) is 0. The van der Waals surface area contributed by atoms with Gasteiger partial charge in [0.25, 0.3) is 0 Å². The number of rotatable bonds is 3. The summed E-state index contributed by atoms with van der Waals surface area (Å²) in [7, 11) is 0. The number of benzene rings is 2. The fourth-order valence-electron chi connectivity index (χ4n) is 3.03. The summed E-state index contributed by atoms with van der Waals surface area (Å²) >= 11 is 0. The Morgan fingerprint density at radius 1 is 0.720 bits per heavy atom. The zero-order valence-electron chi connectivity index (χ0n) is 13.6. The molecule has 0 saturated heterocycles. The number of fused-ring (bicyclic) bond motifs is 1. The Morgan fingerprint density at radius 3 is 1.88 bits per heavy atom. The second-order valence-corrected chi connectivity index (χ2v) is 6.05. The first-order chi connectivity index (χ1) is 12.2. The zero-order valence-corrected chi connectivity index (χ0v) is 13.6. The largest absolute Gasteiger partial charge is 0.288 e. The highest BCUT2D eigenvalue weighted by Gasteiger charge is 2.32. The van der Waals surface area contributed by atoms with Gasteiger partial charge in [-0.15, -0.1) is 0 Å². The van der Waals surface area contributed by atoms with Crippen LogP contribution in [0.4, 0.5) is 0 Å². The average Bonchev–Trinajstić information content (AvgIpc) is 2.89. The second-order valence-electron chi connectivity index (χ2n) is 6.05. The maximum absolute atomic E-state index is 12.4. The van der Waals surface area contributed by atoms with Gasteiger partial charge in [-0.05, 0) is 11.6 Å². The molecule has 0 N–H and O–H groups in total. The number of hydrogen-bond donors (Lipinski definition) is 0. The number of hydrogen-bond acceptors (Lipinski definition) is 2. The van der Waals surface area contributed by atoms with E-state index in [1.54, 1.807) is 30.3 Å². The van der Waals surface area contributed by atoms with E-state index in [2.05, 4.69) is 16.7 Å². The standard InChI is InChI=1S/C22H16NO2/c24-21-18-8-4-5-9-19(18)22(25)20(21)14-16-10-12-23(13-11-16)15-17-6-2-1-3-7-17/h1-14H,15H2/q+1. The molecule has 0 bridgehead atoms. The zero-order chi connectivity index (χ0) is 17.2. The quantitative estimate of drug-likeness (QED) is 0.420. The number of nitrogens with zero attached hydrogens (tertiary/aromatic N) is 1. The van der Waals surface area contributed by atoms with E-state index in [0.29, 0.717) is 11.1 Å². The Hall–Kier alpha value is -3.33. The fraction of sp³-hybridized carbons (Fsp3) is 0.0455. The number of pyridine rings is 1. The maximum Gasteiger partial charge on any atom is 0.197 e. The summed E-state index contributed by atoms with van der Waals surface area (Å²) in [6.45, 7) is 0.779. The lowest BCUT2D eigenvalue weighted by Gasteiger charge is -1.99. The summed E-state index contributed by atoms with van der Waals surface area (Å²) in [5.74, 6) is -0.386. The summed E-state index contributed by atoms with van der Waals surface area (Å²) in [6.07, 6.45) is 5.59.